The first kappa shape index (κ1) is 16.3. The van der Waals surface area contributed by atoms with Crippen molar-refractivity contribution in [3.63, 3.8) is 0 Å². The molecule has 0 spiro atoms. The highest BCUT2D eigenvalue weighted by Crippen LogP contribution is 2.23. The van der Waals surface area contributed by atoms with Gasteiger partial charge < -0.3 is 9.30 Å². The van der Waals surface area contributed by atoms with Crippen LogP contribution in [0, 0.1) is 15.5 Å². The van der Waals surface area contributed by atoms with Gasteiger partial charge in [-0.3, -0.25) is 20.3 Å². The van der Waals surface area contributed by atoms with Gasteiger partial charge in [-0.05, 0) is 13.0 Å². The van der Waals surface area contributed by atoms with Crippen molar-refractivity contribution in [2.75, 3.05) is 6.61 Å². The van der Waals surface area contributed by atoms with Gasteiger partial charge in [-0.15, -0.1) is 17.0 Å². The molecular weight excluding hydrogens is 350 g/mol. The number of nitrogens with one attached hydrogen (secondary N) is 1. The predicted molar refractivity (Wildman–Crippen MR) is 79.3 cm³/mol. The van der Waals surface area contributed by atoms with Gasteiger partial charge in [-0.1, -0.05) is 11.3 Å². The maximum Gasteiger partial charge on any atom is 0.326 e. The Balaban J connectivity index is 0.00000200. The summed E-state index contributed by atoms with van der Waals surface area (Å²) in [6, 6.07) is 4.30. The lowest BCUT2D eigenvalue weighted by Crippen LogP contribution is -2.20. The molecule has 20 heavy (non-hydrogen) atoms. The van der Waals surface area contributed by atoms with Crippen molar-refractivity contribution in [1.82, 2.24) is 4.57 Å². The molecule has 1 aromatic carbocycles. The van der Waals surface area contributed by atoms with Crippen LogP contribution in [0.1, 0.15) is 6.92 Å². The van der Waals surface area contributed by atoms with Crippen LogP contribution in [0.25, 0.3) is 10.2 Å². The van der Waals surface area contributed by atoms with E-state index in [4.69, 9.17) is 10.1 Å². The first-order chi connectivity index (χ1) is 9.02. The molecule has 0 atom stereocenters. The van der Waals surface area contributed by atoms with E-state index in [0.717, 1.165) is 11.3 Å². The van der Waals surface area contributed by atoms with Gasteiger partial charge in [0.15, 0.2) is 4.80 Å². The molecule has 1 aromatic heterocycles. The zero-order chi connectivity index (χ0) is 14.0. The number of benzene rings is 1. The van der Waals surface area contributed by atoms with E-state index in [1.165, 1.54) is 16.7 Å². The molecule has 1 N–H and O–H groups in total. The lowest BCUT2D eigenvalue weighted by Gasteiger charge is -2.04. The van der Waals surface area contributed by atoms with E-state index < -0.39 is 10.9 Å². The van der Waals surface area contributed by atoms with Gasteiger partial charge in [0, 0.05) is 12.1 Å². The van der Waals surface area contributed by atoms with Crippen molar-refractivity contribution in [2.45, 2.75) is 13.5 Å². The Bertz CT molecular complexity index is 709. The number of esters is 1. The quantitative estimate of drug-likeness (QED) is 0.512. The molecule has 0 aliphatic rings. The van der Waals surface area contributed by atoms with Crippen LogP contribution in [-0.4, -0.2) is 22.1 Å². The van der Waals surface area contributed by atoms with E-state index in [-0.39, 0.29) is 40.6 Å². The number of fused-ring (bicyclic) bond motifs is 1. The van der Waals surface area contributed by atoms with Crippen LogP contribution in [0.15, 0.2) is 18.2 Å². The van der Waals surface area contributed by atoms with Crippen molar-refractivity contribution in [3.8, 4) is 0 Å². The minimum Gasteiger partial charge on any atom is -0.465 e. The molecule has 0 saturated heterocycles. The first-order valence-electron chi connectivity index (χ1n) is 5.51. The van der Waals surface area contributed by atoms with E-state index in [1.54, 1.807) is 13.0 Å². The minimum atomic E-state index is -0.488. The van der Waals surface area contributed by atoms with E-state index in [9.17, 15) is 14.9 Å². The maximum absolute atomic E-state index is 11.5. The monoisotopic (exact) mass is 361 g/mol. The normalized spacial score (nSPS) is 10.1. The summed E-state index contributed by atoms with van der Waals surface area (Å²) in [4.78, 5) is 21.8. The molecule has 7 nitrogen and oxygen atoms in total. The smallest absolute Gasteiger partial charge is 0.326 e. The average molecular weight is 362 g/mol. The highest BCUT2D eigenvalue weighted by atomic mass is 79.9. The summed E-state index contributed by atoms with van der Waals surface area (Å²) in [7, 11) is 0. The van der Waals surface area contributed by atoms with Gasteiger partial charge in [-0.25, -0.2) is 0 Å². The van der Waals surface area contributed by atoms with E-state index in [1.807, 2.05) is 0 Å². The number of nitro benzene ring substituents is 1. The number of non-ortho nitro benzene ring substituents is 1. The van der Waals surface area contributed by atoms with Crippen molar-refractivity contribution >= 4 is 50.2 Å². The summed E-state index contributed by atoms with van der Waals surface area (Å²) in [6.07, 6.45) is 0. The SMILES string of the molecule is Br.CCOC(=O)Cn1c(=N)sc2cc([N+](=O)[O-])ccc21. The fraction of sp³-hybridized carbons (Fsp3) is 0.273. The van der Waals surface area contributed by atoms with Crippen LogP contribution in [-0.2, 0) is 16.1 Å². The molecule has 0 radical (unpaired) electrons. The topological polar surface area (TPSA) is 98.2 Å². The number of aromatic nitrogens is 1. The number of rotatable bonds is 4. The lowest BCUT2D eigenvalue weighted by molar-refractivity contribution is -0.384. The third-order valence-corrected chi connectivity index (χ3v) is 3.45. The summed E-state index contributed by atoms with van der Waals surface area (Å²) in [6.45, 7) is 1.92. The maximum atomic E-state index is 11.5. The number of halogens is 1. The summed E-state index contributed by atoms with van der Waals surface area (Å²) in [5.41, 5.74) is 0.589. The van der Waals surface area contributed by atoms with Crippen molar-refractivity contribution in [1.29, 1.82) is 5.41 Å². The van der Waals surface area contributed by atoms with Gasteiger partial charge in [0.2, 0.25) is 0 Å². The number of hydrogen-bond acceptors (Lipinski definition) is 6. The number of ether oxygens (including phenoxy) is 1. The summed E-state index contributed by atoms with van der Waals surface area (Å²) >= 11 is 1.09. The Morgan fingerprint density at radius 1 is 1.55 bits per heavy atom. The summed E-state index contributed by atoms with van der Waals surface area (Å²) in [5, 5.41) is 18.5. The van der Waals surface area contributed by atoms with Crippen LogP contribution >= 0.6 is 28.3 Å². The Labute approximate surface area is 128 Å². The second-order valence-electron chi connectivity index (χ2n) is 3.71. The fourth-order valence-corrected chi connectivity index (χ4v) is 2.63. The fourth-order valence-electron chi connectivity index (χ4n) is 1.68. The number of nitro groups is 1. The highest BCUT2D eigenvalue weighted by molar-refractivity contribution is 8.93. The van der Waals surface area contributed by atoms with E-state index in [0.29, 0.717) is 10.2 Å². The number of carbonyl (C=O) groups excluding carboxylic acids is 1. The minimum absolute atomic E-state index is 0. The van der Waals surface area contributed by atoms with Crippen LogP contribution in [0.4, 0.5) is 5.69 Å². The summed E-state index contributed by atoms with van der Waals surface area (Å²) in [5.74, 6) is -0.431. The third-order valence-electron chi connectivity index (χ3n) is 2.49. The molecule has 2 aromatic rings. The van der Waals surface area contributed by atoms with E-state index in [2.05, 4.69) is 0 Å². The van der Waals surface area contributed by atoms with Crippen molar-refractivity contribution in [2.24, 2.45) is 0 Å². The van der Waals surface area contributed by atoms with Gasteiger partial charge in [0.05, 0.1) is 21.7 Å². The van der Waals surface area contributed by atoms with Crippen molar-refractivity contribution in [3.05, 3.63) is 33.1 Å². The summed E-state index contributed by atoms with van der Waals surface area (Å²) < 4.78 is 6.91. The number of hydrogen-bond donors (Lipinski definition) is 1. The third kappa shape index (κ3) is 3.23. The molecule has 9 heteroatoms. The number of thiazole rings is 1. The molecule has 1 heterocycles. The van der Waals surface area contributed by atoms with Crippen molar-refractivity contribution < 1.29 is 14.5 Å². The number of nitrogens with zero attached hydrogens (tertiary/aromatic N) is 2. The molecule has 0 aliphatic carbocycles. The first-order valence-corrected chi connectivity index (χ1v) is 6.32. The predicted octanol–water partition coefficient (Wildman–Crippen LogP) is 2.23. The zero-order valence-corrected chi connectivity index (χ0v) is 13.0. The van der Waals surface area contributed by atoms with Crippen LogP contribution in [0.2, 0.25) is 0 Å². The molecule has 2 rings (SSSR count). The van der Waals surface area contributed by atoms with Crippen LogP contribution in [0.5, 0.6) is 0 Å². The second-order valence-corrected chi connectivity index (χ2v) is 4.74. The highest BCUT2D eigenvalue weighted by Gasteiger charge is 2.13. The lowest BCUT2D eigenvalue weighted by atomic mass is 10.3. The van der Waals surface area contributed by atoms with Gasteiger partial charge in [0.1, 0.15) is 6.54 Å². The Kier molecular flexibility index (Phi) is 5.40. The standard InChI is InChI=1S/C11H11N3O4S.BrH/c1-2-18-10(15)6-13-8-4-3-7(14(16)17)5-9(8)19-11(13)12;/h3-5,12H,2,6H2,1H3;1H. The molecule has 0 unspecified atom stereocenters. The molecule has 0 saturated carbocycles. The van der Waals surface area contributed by atoms with Crippen LogP contribution in [0.3, 0.4) is 0 Å². The second kappa shape index (κ2) is 6.62. The molecule has 0 fully saturated rings. The van der Waals surface area contributed by atoms with E-state index >= 15 is 0 Å². The zero-order valence-electron chi connectivity index (χ0n) is 10.5. The van der Waals surface area contributed by atoms with Gasteiger partial charge >= 0.3 is 5.97 Å². The van der Waals surface area contributed by atoms with Crippen LogP contribution < -0.4 is 4.80 Å². The Hall–Kier alpha value is -1.74. The number of carbonyl (C=O) groups is 1. The van der Waals surface area contributed by atoms with Gasteiger partial charge in [-0.2, -0.15) is 0 Å². The average Bonchev–Trinajstić information content (AvgIpc) is 2.65. The molecule has 0 bridgehead atoms. The Morgan fingerprint density at radius 2 is 2.25 bits per heavy atom. The molecular formula is C11H12BrN3O4S. The molecule has 0 aliphatic heterocycles. The largest absolute Gasteiger partial charge is 0.465 e. The molecule has 108 valence electrons. The Morgan fingerprint density at radius 3 is 2.85 bits per heavy atom. The van der Waals surface area contributed by atoms with Gasteiger partial charge in [0.25, 0.3) is 5.69 Å². The molecule has 0 amide bonds.